The summed E-state index contributed by atoms with van der Waals surface area (Å²) in [6.07, 6.45) is 0. The Morgan fingerprint density at radius 3 is 2.38 bits per heavy atom. The van der Waals surface area contributed by atoms with Gasteiger partial charge in [-0.15, -0.1) is 4.91 Å². The summed E-state index contributed by atoms with van der Waals surface area (Å²) in [4.78, 5) is 20.2. The average Bonchev–Trinajstić information content (AvgIpc) is 2.03. The van der Waals surface area contributed by atoms with E-state index in [1.54, 1.807) is 0 Å². The van der Waals surface area contributed by atoms with Crippen LogP contribution in [-0.2, 0) is 0 Å². The van der Waals surface area contributed by atoms with E-state index in [1.165, 1.54) is 0 Å². The third-order valence-corrected chi connectivity index (χ3v) is 1.37. The highest BCUT2D eigenvalue weighted by Gasteiger charge is 2.15. The van der Waals surface area contributed by atoms with Gasteiger partial charge < -0.3 is 5.11 Å². The Morgan fingerprint density at radius 1 is 1.31 bits per heavy atom. The van der Waals surface area contributed by atoms with Gasteiger partial charge in [0.05, 0.1) is 5.56 Å². The van der Waals surface area contributed by atoms with E-state index in [9.17, 15) is 18.5 Å². The number of carboxylic acid groups (broad SMARTS) is 1. The van der Waals surface area contributed by atoms with Crippen molar-refractivity contribution in [1.29, 1.82) is 0 Å². The molecule has 0 atom stereocenters. The van der Waals surface area contributed by atoms with Crippen LogP contribution in [0.25, 0.3) is 0 Å². The van der Waals surface area contributed by atoms with Gasteiger partial charge >= 0.3 is 5.97 Å². The summed E-state index contributed by atoms with van der Waals surface area (Å²) in [7, 11) is 0. The lowest BCUT2D eigenvalue weighted by atomic mass is 10.2. The Bertz CT molecular complexity index is 378. The lowest BCUT2D eigenvalue weighted by molar-refractivity contribution is 0.0692. The monoisotopic (exact) mass is 187 g/mol. The van der Waals surface area contributed by atoms with Crippen LogP contribution >= 0.6 is 0 Å². The molecule has 1 N–H and O–H groups in total. The van der Waals surface area contributed by atoms with Gasteiger partial charge in [0.25, 0.3) is 0 Å². The summed E-state index contributed by atoms with van der Waals surface area (Å²) in [5.74, 6) is -4.00. The predicted octanol–water partition coefficient (Wildman–Crippen LogP) is 2.06. The maximum atomic E-state index is 12.7. The molecule has 68 valence electrons. The number of hydrogen-bond donors (Lipinski definition) is 1. The number of nitroso groups, excluding NO2 is 1. The van der Waals surface area contributed by atoms with Gasteiger partial charge in [-0.25, -0.2) is 13.6 Å². The van der Waals surface area contributed by atoms with Gasteiger partial charge in [0.1, 0.15) is 11.5 Å². The number of benzene rings is 1. The molecular weight excluding hydrogens is 184 g/mol. The molecule has 6 heteroatoms. The molecule has 0 aliphatic rings. The summed E-state index contributed by atoms with van der Waals surface area (Å²) in [5, 5.41) is 10.6. The van der Waals surface area contributed by atoms with E-state index in [0.29, 0.717) is 12.1 Å². The molecule has 0 spiro atoms. The summed E-state index contributed by atoms with van der Waals surface area (Å²) in [6.45, 7) is 0. The van der Waals surface area contributed by atoms with Crippen molar-refractivity contribution >= 4 is 11.7 Å². The Kier molecular flexibility index (Phi) is 2.32. The number of nitrogens with zero attached hydrogens (tertiary/aromatic N) is 1. The van der Waals surface area contributed by atoms with E-state index in [0.717, 1.165) is 0 Å². The number of rotatable bonds is 2. The molecule has 1 rings (SSSR count). The Balaban J connectivity index is 3.38. The molecule has 0 unspecified atom stereocenters. The molecule has 0 aliphatic heterocycles. The van der Waals surface area contributed by atoms with Crippen LogP contribution in [0.3, 0.4) is 0 Å². The van der Waals surface area contributed by atoms with Crippen LogP contribution in [0.15, 0.2) is 17.3 Å². The van der Waals surface area contributed by atoms with Gasteiger partial charge in [-0.3, -0.25) is 0 Å². The standard InChI is InChI=1S/C7H3F2NO3/c8-4-2-5(9)6(10-13)1-3(4)7(11)12/h1-2H,(H,11,12). The molecule has 0 radical (unpaired) electrons. The van der Waals surface area contributed by atoms with Crippen molar-refractivity contribution in [2.75, 3.05) is 0 Å². The van der Waals surface area contributed by atoms with Crippen LogP contribution in [0, 0.1) is 16.5 Å². The van der Waals surface area contributed by atoms with Crippen molar-refractivity contribution in [3.8, 4) is 0 Å². The van der Waals surface area contributed by atoms with Crippen LogP contribution in [0.5, 0.6) is 0 Å². The minimum Gasteiger partial charge on any atom is -0.478 e. The van der Waals surface area contributed by atoms with Gasteiger partial charge in [0.15, 0.2) is 5.82 Å². The molecule has 0 heterocycles. The Labute approximate surface area is 70.8 Å². The van der Waals surface area contributed by atoms with Gasteiger partial charge in [0, 0.05) is 6.07 Å². The minimum atomic E-state index is -1.58. The molecular formula is C7H3F2NO3. The quantitative estimate of drug-likeness (QED) is 0.720. The highest BCUT2D eigenvalue weighted by Crippen LogP contribution is 2.21. The molecule has 1 aromatic carbocycles. The molecule has 0 bridgehead atoms. The summed E-state index contributed by atoms with van der Waals surface area (Å²) in [6, 6.07) is 0.847. The normalized spacial score (nSPS) is 9.69. The number of hydrogen-bond acceptors (Lipinski definition) is 3. The van der Waals surface area contributed by atoms with E-state index in [2.05, 4.69) is 5.18 Å². The zero-order chi connectivity index (χ0) is 10.0. The third kappa shape index (κ3) is 1.66. The molecule has 0 saturated heterocycles. The topological polar surface area (TPSA) is 66.7 Å². The van der Waals surface area contributed by atoms with Gasteiger partial charge in [-0.2, -0.15) is 0 Å². The molecule has 0 amide bonds. The van der Waals surface area contributed by atoms with Crippen LogP contribution < -0.4 is 0 Å². The fourth-order valence-corrected chi connectivity index (χ4v) is 0.771. The number of halogens is 2. The Morgan fingerprint density at radius 2 is 1.92 bits per heavy atom. The molecule has 0 fully saturated rings. The predicted molar refractivity (Wildman–Crippen MR) is 38.8 cm³/mol. The van der Waals surface area contributed by atoms with Gasteiger partial charge in [-0.05, 0) is 11.2 Å². The smallest absolute Gasteiger partial charge is 0.338 e. The van der Waals surface area contributed by atoms with Gasteiger partial charge in [0.2, 0.25) is 0 Å². The second kappa shape index (κ2) is 3.26. The van der Waals surface area contributed by atoms with E-state index in [-0.39, 0.29) is 0 Å². The van der Waals surface area contributed by atoms with E-state index < -0.39 is 28.9 Å². The number of carbonyl (C=O) groups is 1. The first-order valence-electron chi connectivity index (χ1n) is 3.12. The van der Waals surface area contributed by atoms with Gasteiger partial charge in [-0.1, -0.05) is 0 Å². The lowest BCUT2D eigenvalue weighted by Crippen LogP contribution is -2.00. The highest BCUT2D eigenvalue weighted by molar-refractivity contribution is 5.88. The van der Waals surface area contributed by atoms with Crippen LogP contribution in [0.2, 0.25) is 0 Å². The second-order valence-electron chi connectivity index (χ2n) is 2.18. The average molecular weight is 187 g/mol. The molecule has 13 heavy (non-hydrogen) atoms. The maximum Gasteiger partial charge on any atom is 0.338 e. The van der Waals surface area contributed by atoms with Crippen molar-refractivity contribution in [2.45, 2.75) is 0 Å². The fraction of sp³-hybridized carbons (Fsp3) is 0. The SMILES string of the molecule is O=Nc1cc(C(=O)O)c(F)cc1F. The van der Waals surface area contributed by atoms with Crippen LogP contribution in [-0.4, -0.2) is 11.1 Å². The third-order valence-electron chi connectivity index (χ3n) is 1.37. The summed E-state index contributed by atoms with van der Waals surface area (Å²) >= 11 is 0. The second-order valence-corrected chi connectivity index (χ2v) is 2.18. The molecule has 0 aliphatic carbocycles. The van der Waals surface area contributed by atoms with E-state index >= 15 is 0 Å². The largest absolute Gasteiger partial charge is 0.478 e. The van der Waals surface area contributed by atoms with Crippen molar-refractivity contribution in [2.24, 2.45) is 5.18 Å². The first-order valence-corrected chi connectivity index (χ1v) is 3.12. The Hall–Kier alpha value is -1.85. The van der Waals surface area contributed by atoms with Crippen molar-refractivity contribution in [3.63, 3.8) is 0 Å². The number of aromatic carboxylic acids is 1. The summed E-state index contributed by atoms with van der Waals surface area (Å²) in [5.41, 5.74) is -1.50. The molecule has 0 aromatic heterocycles. The van der Waals surface area contributed by atoms with Crippen LogP contribution in [0.1, 0.15) is 10.4 Å². The van der Waals surface area contributed by atoms with E-state index in [4.69, 9.17) is 5.11 Å². The van der Waals surface area contributed by atoms with Crippen molar-refractivity contribution < 1.29 is 18.7 Å². The molecule has 4 nitrogen and oxygen atoms in total. The molecule has 0 saturated carbocycles. The zero-order valence-corrected chi connectivity index (χ0v) is 6.12. The number of carboxylic acids is 1. The van der Waals surface area contributed by atoms with Crippen molar-refractivity contribution in [1.82, 2.24) is 0 Å². The first kappa shape index (κ1) is 9.24. The highest BCUT2D eigenvalue weighted by atomic mass is 19.1. The van der Waals surface area contributed by atoms with Crippen molar-refractivity contribution in [3.05, 3.63) is 34.2 Å². The van der Waals surface area contributed by atoms with Crippen LogP contribution in [0.4, 0.5) is 14.5 Å². The zero-order valence-electron chi connectivity index (χ0n) is 6.12. The summed E-state index contributed by atoms with van der Waals surface area (Å²) < 4.78 is 25.2. The fourth-order valence-electron chi connectivity index (χ4n) is 0.771. The van der Waals surface area contributed by atoms with E-state index in [1.807, 2.05) is 0 Å². The molecule has 1 aromatic rings. The minimum absolute atomic E-state index is 0.306. The first-order chi connectivity index (χ1) is 6.06. The maximum absolute atomic E-state index is 12.7. The lowest BCUT2D eigenvalue weighted by Gasteiger charge is -1.98.